The lowest BCUT2D eigenvalue weighted by atomic mass is 10.2. The van der Waals surface area contributed by atoms with E-state index in [4.69, 9.17) is 5.73 Å². The molecule has 2 N–H and O–H groups in total. The third kappa shape index (κ3) is 4.04. The van der Waals surface area contributed by atoms with Gasteiger partial charge < -0.3 is 10.6 Å². The number of hydrogen-bond donors (Lipinski definition) is 1. The number of aliphatic imine (C=N–C) groups is 1. The van der Waals surface area contributed by atoms with E-state index < -0.39 is 0 Å². The van der Waals surface area contributed by atoms with Gasteiger partial charge in [0, 0.05) is 24.9 Å². The Bertz CT molecular complexity index is 726. The topological polar surface area (TPSA) is 57.8 Å². The molecule has 0 bridgehead atoms. The zero-order valence-electron chi connectivity index (χ0n) is 13.7. The van der Waals surface area contributed by atoms with Crippen molar-refractivity contribution in [3.05, 3.63) is 47.8 Å². The van der Waals surface area contributed by atoms with Crippen LogP contribution in [0.1, 0.15) is 5.56 Å². The Morgan fingerprint density at radius 2 is 1.96 bits per heavy atom. The van der Waals surface area contributed by atoms with Crippen LogP contribution < -0.4 is 10.6 Å². The van der Waals surface area contributed by atoms with Crippen molar-refractivity contribution in [1.82, 2.24) is 9.29 Å². The predicted octanol–water partition coefficient (Wildman–Crippen LogP) is 2.95. The number of hydrogen-bond acceptors (Lipinski definition) is 6. The molecule has 1 aromatic heterocycles. The summed E-state index contributed by atoms with van der Waals surface area (Å²) in [4.78, 5) is 11.0. The first-order valence-electron chi connectivity index (χ1n) is 7.66. The Hall–Kier alpha value is -2.12. The molecule has 5 nitrogen and oxygen atoms in total. The first kappa shape index (κ1) is 16.7. The van der Waals surface area contributed by atoms with E-state index in [9.17, 15) is 4.39 Å². The maximum absolute atomic E-state index is 12.9. The van der Waals surface area contributed by atoms with E-state index in [1.54, 1.807) is 18.3 Å². The van der Waals surface area contributed by atoms with E-state index in [1.807, 2.05) is 24.1 Å². The van der Waals surface area contributed by atoms with Gasteiger partial charge in [-0.2, -0.15) is 0 Å². The molecule has 1 fully saturated rings. The van der Waals surface area contributed by atoms with E-state index in [0.29, 0.717) is 16.8 Å². The minimum atomic E-state index is -0.278. The van der Waals surface area contributed by atoms with Gasteiger partial charge in [0.2, 0.25) is 0 Å². The highest BCUT2D eigenvalue weighted by atomic mass is 32.2. The molecule has 1 aliphatic rings. The molecule has 1 aromatic carbocycles. The summed E-state index contributed by atoms with van der Waals surface area (Å²) in [5.41, 5.74) is 7.46. The number of pyridine rings is 1. The van der Waals surface area contributed by atoms with Crippen LogP contribution in [-0.4, -0.2) is 47.9 Å². The lowest BCUT2D eigenvalue weighted by molar-refractivity contribution is 0.601. The molecule has 0 aliphatic carbocycles. The van der Waals surface area contributed by atoms with Gasteiger partial charge in [0.15, 0.2) is 0 Å². The van der Waals surface area contributed by atoms with Crippen LogP contribution in [0.4, 0.5) is 21.7 Å². The molecular weight excluding hydrogens is 325 g/mol. The van der Waals surface area contributed by atoms with E-state index in [2.05, 4.69) is 33.3 Å². The second-order valence-corrected chi connectivity index (χ2v) is 7.43. The largest absolute Gasteiger partial charge is 0.383 e. The Morgan fingerprint density at radius 1 is 1.25 bits per heavy atom. The molecule has 2 aromatic rings. The zero-order chi connectivity index (χ0) is 17.1. The molecule has 126 valence electrons. The fraction of sp³-hybridized carbons (Fsp3) is 0.294. The van der Waals surface area contributed by atoms with Crippen LogP contribution in [0.15, 0.2) is 41.4 Å². The standard InChI is InChI=1S/C17H20FN5S/c1-22(2)24-15-10-23(11-15)16-8-3-12(17(19)21-16)9-20-14-6-4-13(18)5-7-14/h3-9,15H,10-11H2,1-2H3,(H2,19,21). The molecule has 0 atom stereocenters. The van der Waals surface area contributed by atoms with Gasteiger partial charge in [0.1, 0.15) is 17.5 Å². The minimum absolute atomic E-state index is 0.278. The maximum Gasteiger partial charge on any atom is 0.134 e. The average molecular weight is 345 g/mol. The molecule has 0 amide bonds. The zero-order valence-corrected chi connectivity index (χ0v) is 14.5. The van der Waals surface area contributed by atoms with E-state index in [-0.39, 0.29) is 5.82 Å². The van der Waals surface area contributed by atoms with Gasteiger partial charge >= 0.3 is 0 Å². The smallest absolute Gasteiger partial charge is 0.134 e. The normalized spacial score (nSPS) is 15.2. The number of nitrogens with two attached hydrogens (primary N) is 1. The fourth-order valence-electron chi connectivity index (χ4n) is 2.42. The van der Waals surface area contributed by atoms with Crippen molar-refractivity contribution < 1.29 is 4.39 Å². The molecule has 24 heavy (non-hydrogen) atoms. The van der Waals surface area contributed by atoms with Gasteiger partial charge in [-0.1, -0.05) is 11.9 Å². The van der Waals surface area contributed by atoms with Gasteiger partial charge in [0.25, 0.3) is 0 Å². The molecule has 0 radical (unpaired) electrons. The van der Waals surface area contributed by atoms with Crippen molar-refractivity contribution in [1.29, 1.82) is 0 Å². The summed E-state index contributed by atoms with van der Waals surface area (Å²) < 4.78 is 15.0. The van der Waals surface area contributed by atoms with E-state index >= 15 is 0 Å². The molecule has 3 rings (SSSR count). The van der Waals surface area contributed by atoms with Gasteiger partial charge in [-0.15, -0.1) is 0 Å². The van der Waals surface area contributed by atoms with Crippen LogP contribution in [0.3, 0.4) is 0 Å². The molecule has 2 heterocycles. The van der Waals surface area contributed by atoms with Gasteiger partial charge in [-0.25, -0.2) is 9.37 Å². The average Bonchev–Trinajstić information content (AvgIpc) is 2.51. The lowest BCUT2D eigenvalue weighted by Gasteiger charge is -2.40. The summed E-state index contributed by atoms with van der Waals surface area (Å²) >= 11 is 1.84. The summed E-state index contributed by atoms with van der Waals surface area (Å²) in [6, 6.07) is 9.86. The van der Waals surface area contributed by atoms with Crippen LogP contribution >= 0.6 is 11.9 Å². The number of anilines is 2. The Balaban J connectivity index is 1.64. The van der Waals surface area contributed by atoms with Crippen molar-refractivity contribution in [2.45, 2.75) is 5.25 Å². The van der Waals surface area contributed by atoms with E-state index in [0.717, 1.165) is 24.5 Å². The highest BCUT2D eigenvalue weighted by Crippen LogP contribution is 2.28. The fourth-order valence-corrected chi connectivity index (χ4v) is 3.51. The second kappa shape index (κ2) is 7.19. The number of halogens is 1. The maximum atomic E-state index is 12.9. The molecule has 1 saturated heterocycles. The summed E-state index contributed by atoms with van der Waals surface area (Å²) in [7, 11) is 4.11. The molecular formula is C17H20FN5S. The monoisotopic (exact) mass is 345 g/mol. The Kier molecular flexibility index (Phi) is 5.01. The number of aromatic nitrogens is 1. The molecule has 0 spiro atoms. The SMILES string of the molecule is CN(C)SC1CN(c2ccc(C=Nc3ccc(F)cc3)c(N)n2)C1. The Morgan fingerprint density at radius 3 is 2.58 bits per heavy atom. The number of benzene rings is 1. The first-order valence-corrected chi connectivity index (χ1v) is 8.50. The van der Waals surface area contributed by atoms with Crippen molar-refractivity contribution in [2.24, 2.45) is 4.99 Å². The third-order valence-corrected chi connectivity index (χ3v) is 4.67. The molecule has 0 saturated carbocycles. The Labute approximate surface area is 145 Å². The van der Waals surface area contributed by atoms with E-state index in [1.165, 1.54) is 12.1 Å². The number of rotatable bonds is 5. The van der Waals surface area contributed by atoms with Gasteiger partial charge in [0.05, 0.1) is 10.9 Å². The first-order chi connectivity index (χ1) is 11.5. The summed E-state index contributed by atoms with van der Waals surface area (Å²) in [5.74, 6) is 1.06. The quantitative estimate of drug-likeness (QED) is 0.667. The molecule has 0 unspecified atom stereocenters. The number of nitrogens with zero attached hydrogens (tertiary/aromatic N) is 4. The summed E-state index contributed by atoms with van der Waals surface area (Å²) in [6.45, 7) is 1.94. The van der Waals surface area contributed by atoms with Crippen LogP contribution in [0, 0.1) is 5.82 Å². The van der Waals surface area contributed by atoms with Crippen LogP contribution in [0.25, 0.3) is 0 Å². The third-order valence-electron chi connectivity index (χ3n) is 3.65. The second-order valence-electron chi connectivity index (χ2n) is 5.82. The highest BCUT2D eigenvalue weighted by molar-refractivity contribution is 7.97. The predicted molar refractivity (Wildman–Crippen MR) is 99.6 cm³/mol. The summed E-state index contributed by atoms with van der Waals surface area (Å²) in [5, 5.41) is 0.600. The van der Waals surface area contributed by atoms with Crippen molar-refractivity contribution in [3.63, 3.8) is 0 Å². The molecule has 1 aliphatic heterocycles. The van der Waals surface area contributed by atoms with Gasteiger partial charge in [-0.3, -0.25) is 9.30 Å². The molecule has 7 heteroatoms. The van der Waals surface area contributed by atoms with Crippen LogP contribution in [-0.2, 0) is 0 Å². The van der Waals surface area contributed by atoms with Crippen molar-refractivity contribution >= 4 is 35.5 Å². The van der Waals surface area contributed by atoms with Crippen molar-refractivity contribution in [3.8, 4) is 0 Å². The van der Waals surface area contributed by atoms with Gasteiger partial charge in [-0.05, 0) is 50.5 Å². The van der Waals surface area contributed by atoms with Crippen molar-refractivity contribution in [2.75, 3.05) is 37.8 Å². The van der Waals surface area contributed by atoms with Crippen LogP contribution in [0.5, 0.6) is 0 Å². The summed E-state index contributed by atoms with van der Waals surface area (Å²) in [6.07, 6.45) is 1.65. The highest BCUT2D eigenvalue weighted by Gasteiger charge is 2.29. The van der Waals surface area contributed by atoms with Crippen LogP contribution in [0.2, 0.25) is 0 Å². The minimum Gasteiger partial charge on any atom is -0.383 e. The number of nitrogen functional groups attached to an aromatic ring is 1. The lowest BCUT2D eigenvalue weighted by Crippen LogP contribution is -2.50.